The maximum atomic E-state index is 12.9. The molecule has 0 radical (unpaired) electrons. The predicted molar refractivity (Wildman–Crippen MR) is 100 cm³/mol. The lowest BCUT2D eigenvalue weighted by molar-refractivity contribution is 0.0734. The molecule has 4 rings (SSSR count). The maximum absolute atomic E-state index is 12.9. The van der Waals surface area contributed by atoms with Gasteiger partial charge in [-0.3, -0.25) is 4.79 Å². The highest BCUT2D eigenvalue weighted by Crippen LogP contribution is 2.25. The van der Waals surface area contributed by atoms with Crippen molar-refractivity contribution in [2.24, 2.45) is 0 Å². The quantitative estimate of drug-likeness (QED) is 0.708. The van der Waals surface area contributed by atoms with Crippen LogP contribution in [0.2, 0.25) is 5.02 Å². The summed E-state index contributed by atoms with van der Waals surface area (Å²) in [4.78, 5) is 14.7. The Morgan fingerprint density at radius 3 is 2.85 bits per heavy atom. The van der Waals surface area contributed by atoms with Crippen molar-refractivity contribution in [2.45, 2.75) is 13.0 Å². The summed E-state index contributed by atoms with van der Waals surface area (Å²) in [7, 11) is 1.65. The van der Waals surface area contributed by atoms with Crippen LogP contribution in [0.4, 0.5) is 0 Å². The lowest BCUT2D eigenvalue weighted by Gasteiger charge is -2.28. The molecule has 5 nitrogen and oxygen atoms in total. The second kappa shape index (κ2) is 6.84. The summed E-state index contributed by atoms with van der Waals surface area (Å²) in [5.41, 5.74) is 3.70. The summed E-state index contributed by atoms with van der Waals surface area (Å²) in [6.45, 7) is 1.26. The molecule has 1 amide bonds. The number of fused-ring (bicyclic) bond motifs is 1. The van der Waals surface area contributed by atoms with Gasteiger partial charge in [-0.25, -0.2) is 4.68 Å². The zero-order chi connectivity index (χ0) is 18.1. The van der Waals surface area contributed by atoms with Crippen molar-refractivity contribution in [1.82, 2.24) is 14.7 Å². The van der Waals surface area contributed by atoms with Crippen LogP contribution in [-0.2, 0) is 13.0 Å². The van der Waals surface area contributed by atoms with Gasteiger partial charge in [0.1, 0.15) is 5.75 Å². The van der Waals surface area contributed by atoms with Gasteiger partial charge in [0, 0.05) is 19.3 Å². The van der Waals surface area contributed by atoms with Crippen molar-refractivity contribution in [3.63, 3.8) is 0 Å². The average molecular weight is 368 g/mol. The van der Waals surface area contributed by atoms with E-state index in [4.69, 9.17) is 16.3 Å². The number of benzene rings is 2. The van der Waals surface area contributed by atoms with E-state index in [2.05, 4.69) is 11.2 Å². The fourth-order valence-electron chi connectivity index (χ4n) is 3.22. The van der Waals surface area contributed by atoms with Crippen LogP contribution in [0.5, 0.6) is 5.75 Å². The normalized spacial score (nSPS) is 13.4. The second-order valence-corrected chi connectivity index (χ2v) is 6.64. The molecule has 0 atom stereocenters. The molecule has 1 aromatic heterocycles. The van der Waals surface area contributed by atoms with E-state index in [1.54, 1.807) is 30.3 Å². The van der Waals surface area contributed by atoms with Crippen LogP contribution in [0, 0.1) is 0 Å². The van der Waals surface area contributed by atoms with Crippen LogP contribution in [0.3, 0.4) is 0 Å². The van der Waals surface area contributed by atoms with Gasteiger partial charge >= 0.3 is 0 Å². The molecule has 3 aromatic rings. The Labute approximate surface area is 156 Å². The summed E-state index contributed by atoms with van der Waals surface area (Å²) < 4.78 is 6.93. The summed E-state index contributed by atoms with van der Waals surface area (Å²) in [5, 5.41) is 4.89. The summed E-state index contributed by atoms with van der Waals surface area (Å²) in [6.07, 6.45) is 4.15. The second-order valence-electron chi connectivity index (χ2n) is 6.24. The van der Waals surface area contributed by atoms with Crippen molar-refractivity contribution in [3.05, 3.63) is 76.6 Å². The van der Waals surface area contributed by atoms with Crippen LogP contribution in [0.1, 0.15) is 21.5 Å². The van der Waals surface area contributed by atoms with Crippen LogP contribution < -0.4 is 4.74 Å². The molecule has 1 aliphatic heterocycles. The Balaban J connectivity index is 1.56. The van der Waals surface area contributed by atoms with Crippen molar-refractivity contribution >= 4 is 17.5 Å². The first kappa shape index (κ1) is 16.7. The first-order valence-corrected chi connectivity index (χ1v) is 8.78. The molecule has 0 saturated heterocycles. The SMILES string of the molecule is COc1ccc2c(c1)CN(C(=O)c1cnn(-c3ccccc3Cl)c1)CC2. The number of carbonyl (C=O) groups is 1. The lowest BCUT2D eigenvalue weighted by Crippen LogP contribution is -2.35. The highest BCUT2D eigenvalue weighted by atomic mass is 35.5. The van der Waals surface area contributed by atoms with Gasteiger partial charge in [-0.05, 0) is 41.8 Å². The van der Waals surface area contributed by atoms with E-state index >= 15 is 0 Å². The van der Waals surface area contributed by atoms with E-state index in [1.807, 2.05) is 35.2 Å². The van der Waals surface area contributed by atoms with Crippen LogP contribution in [0.15, 0.2) is 54.9 Å². The number of halogens is 1. The molecule has 132 valence electrons. The third kappa shape index (κ3) is 3.06. The number of carbonyl (C=O) groups excluding carboxylic acids is 1. The first-order chi connectivity index (χ1) is 12.7. The summed E-state index contributed by atoms with van der Waals surface area (Å²) >= 11 is 6.21. The summed E-state index contributed by atoms with van der Waals surface area (Å²) in [5.74, 6) is 0.779. The van der Waals surface area contributed by atoms with Gasteiger partial charge < -0.3 is 9.64 Å². The minimum atomic E-state index is -0.0308. The van der Waals surface area contributed by atoms with E-state index in [0.29, 0.717) is 23.7 Å². The average Bonchev–Trinajstić information content (AvgIpc) is 3.16. The molecular formula is C20H18ClN3O2. The molecule has 0 unspecified atom stereocenters. The van der Waals surface area contributed by atoms with Crippen LogP contribution in [-0.4, -0.2) is 34.2 Å². The van der Waals surface area contributed by atoms with E-state index in [-0.39, 0.29) is 5.91 Å². The third-order valence-corrected chi connectivity index (χ3v) is 4.96. The van der Waals surface area contributed by atoms with Crippen LogP contribution in [0.25, 0.3) is 5.69 Å². The molecule has 0 fully saturated rings. The largest absolute Gasteiger partial charge is 0.497 e. The minimum absolute atomic E-state index is 0.0308. The topological polar surface area (TPSA) is 47.4 Å². The molecular weight excluding hydrogens is 350 g/mol. The highest BCUT2D eigenvalue weighted by Gasteiger charge is 2.23. The number of methoxy groups -OCH3 is 1. The molecule has 26 heavy (non-hydrogen) atoms. The van der Waals surface area contributed by atoms with E-state index in [1.165, 1.54) is 5.56 Å². The first-order valence-electron chi connectivity index (χ1n) is 8.40. The lowest BCUT2D eigenvalue weighted by atomic mass is 9.99. The fourth-order valence-corrected chi connectivity index (χ4v) is 3.44. The molecule has 0 N–H and O–H groups in total. The third-order valence-electron chi connectivity index (χ3n) is 4.64. The summed E-state index contributed by atoms with van der Waals surface area (Å²) in [6, 6.07) is 13.5. The minimum Gasteiger partial charge on any atom is -0.497 e. The zero-order valence-electron chi connectivity index (χ0n) is 14.4. The number of hydrogen-bond acceptors (Lipinski definition) is 3. The van der Waals surface area contributed by atoms with Gasteiger partial charge in [0.15, 0.2) is 0 Å². The predicted octanol–water partition coefficient (Wildman–Crippen LogP) is 3.73. The van der Waals surface area contributed by atoms with Crippen molar-refractivity contribution in [3.8, 4) is 11.4 Å². The van der Waals surface area contributed by atoms with Gasteiger partial charge in [-0.1, -0.05) is 29.8 Å². The molecule has 2 aromatic carbocycles. The maximum Gasteiger partial charge on any atom is 0.257 e. The van der Waals surface area contributed by atoms with Gasteiger partial charge in [-0.15, -0.1) is 0 Å². The number of ether oxygens (including phenoxy) is 1. The van der Waals surface area contributed by atoms with Crippen molar-refractivity contribution < 1.29 is 9.53 Å². The van der Waals surface area contributed by atoms with Crippen molar-refractivity contribution in [1.29, 1.82) is 0 Å². The highest BCUT2D eigenvalue weighted by molar-refractivity contribution is 6.32. The number of nitrogens with zero attached hydrogens (tertiary/aromatic N) is 3. The Kier molecular flexibility index (Phi) is 4.39. The molecule has 2 heterocycles. The van der Waals surface area contributed by atoms with Gasteiger partial charge in [-0.2, -0.15) is 5.10 Å². The van der Waals surface area contributed by atoms with Gasteiger partial charge in [0.05, 0.1) is 29.6 Å². The zero-order valence-corrected chi connectivity index (χ0v) is 15.1. The van der Waals surface area contributed by atoms with Crippen LogP contribution >= 0.6 is 11.6 Å². The Morgan fingerprint density at radius 2 is 2.04 bits per heavy atom. The smallest absolute Gasteiger partial charge is 0.257 e. The Bertz CT molecular complexity index is 967. The fraction of sp³-hybridized carbons (Fsp3) is 0.200. The van der Waals surface area contributed by atoms with E-state index in [9.17, 15) is 4.79 Å². The molecule has 0 spiro atoms. The van der Waals surface area contributed by atoms with Gasteiger partial charge in [0.25, 0.3) is 5.91 Å². The molecule has 1 aliphatic rings. The standard InChI is InChI=1S/C20H18ClN3O2/c1-26-17-7-6-14-8-9-23(12-15(14)10-17)20(25)16-11-22-24(13-16)19-5-3-2-4-18(19)21/h2-7,10-11,13H,8-9,12H2,1H3. The molecule has 6 heteroatoms. The van der Waals surface area contributed by atoms with E-state index in [0.717, 1.165) is 23.4 Å². The Morgan fingerprint density at radius 1 is 1.19 bits per heavy atom. The van der Waals surface area contributed by atoms with Crippen molar-refractivity contribution in [2.75, 3.05) is 13.7 Å². The molecule has 0 saturated carbocycles. The number of hydrogen-bond donors (Lipinski definition) is 0. The number of aromatic nitrogens is 2. The monoisotopic (exact) mass is 367 g/mol. The number of amides is 1. The Hall–Kier alpha value is -2.79. The number of rotatable bonds is 3. The molecule has 0 bridgehead atoms. The number of para-hydroxylation sites is 1. The van der Waals surface area contributed by atoms with Gasteiger partial charge in [0.2, 0.25) is 0 Å². The molecule has 0 aliphatic carbocycles. The van der Waals surface area contributed by atoms with E-state index < -0.39 is 0 Å².